The van der Waals surface area contributed by atoms with Crippen LogP contribution in [0.2, 0.25) is 0 Å². The highest BCUT2D eigenvalue weighted by molar-refractivity contribution is 5.76. The Hall–Kier alpha value is -1.52. The zero-order valence-corrected chi connectivity index (χ0v) is 10.2. The van der Waals surface area contributed by atoms with Gasteiger partial charge in [0.15, 0.2) is 0 Å². The van der Waals surface area contributed by atoms with Crippen LogP contribution in [0.5, 0.6) is 0 Å². The van der Waals surface area contributed by atoms with Gasteiger partial charge < -0.3 is 11.1 Å². The van der Waals surface area contributed by atoms with Gasteiger partial charge in [-0.25, -0.2) is 0 Å². The van der Waals surface area contributed by atoms with Crippen molar-refractivity contribution in [3.63, 3.8) is 0 Å². The van der Waals surface area contributed by atoms with E-state index in [0.717, 1.165) is 18.8 Å². The fourth-order valence-electron chi connectivity index (χ4n) is 1.97. The number of amides is 1. The molecule has 1 heterocycles. The molecule has 3 N–H and O–H groups in total. The topological polar surface area (TPSA) is 72.9 Å². The first kappa shape index (κ1) is 12.0. The smallest absolute Gasteiger partial charge is 0.241 e. The lowest BCUT2D eigenvalue weighted by Gasteiger charge is -2.16. The standard InChI is InChI=1S/C12H20N4O/c1-2-11(5-9-3-4-9)15-12(17)8-16-7-10(13)6-14-16/h6-7,9,11H,2-5,8,13H2,1H3,(H,15,17). The van der Waals surface area contributed by atoms with Crippen molar-refractivity contribution in [1.82, 2.24) is 15.1 Å². The van der Waals surface area contributed by atoms with Crippen LogP contribution < -0.4 is 11.1 Å². The van der Waals surface area contributed by atoms with E-state index >= 15 is 0 Å². The largest absolute Gasteiger partial charge is 0.396 e. The van der Waals surface area contributed by atoms with E-state index in [9.17, 15) is 4.79 Å². The lowest BCUT2D eigenvalue weighted by atomic mass is 10.1. The van der Waals surface area contributed by atoms with Gasteiger partial charge in [-0.2, -0.15) is 5.10 Å². The third-order valence-electron chi connectivity index (χ3n) is 3.13. The number of carbonyl (C=O) groups is 1. The van der Waals surface area contributed by atoms with Gasteiger partial charge in [0.05, 0.1) is 11.9 Å². The number of hydrogen-bond donors (Lipinski definition) is 2. The monoisotopic (exact) mass is 236 g/mol. The van der Waals surface area contributed by atoms with Crippen molar-refractivity contribution in [2.24, 2.45) is 5.92 Å². The van der Waals surface area contributed by atoms with E-state index in [4.69, 9.17) is 5.73 Å². The first-order valence-electron chi connectivity index (χ1n) is 6.24. The van der Waals surface area contributed by atoms with Crippen molar-refractivity contribution in [2.75, 3.05) is 5.73 Å². The second-order valence-corrected chi connectivity index (χ2v) is 4.82. The molecule has 1 aromatic rings. The maximum Gasteiger partial charge on any atom is 0.241 e. The summed E-state index contributed by atoms with van der Waals surface area (Å²) in [4.78, 5) is 11.8. The summed E-state index contributed by atoms with van der Waals surface area (Å²) in [5.74, 6) is 0.848. The molecule has 1 saturated carbocycles. The Kier molecular flexibility index (Phi) is 3.66. The Bertz CT molecular complexity index is 384. The second-order valence-electron chi connectivity index (χ2n) is 4.82. The minimum Gasteiger partial charge on any atom is -0.396 e. The molecule has 0 aromatic carbocycles. The molecule has 5 nitrogen and oxygen atoms in total. The number of nitrogens with two attached hydrogens (primary N) is 1. The van der Waals surface area contributed by atoms with Crippen molar-refractivity contribution < 1.29 is 4.79 Å². The van der Waals surface area contributed by atoms with Crippen LogP contribution in [-0.4, -0.2) is 21.7 Å². The van der Waals surface area contributed by atoms with Crippen molar-refractivity contribution in [3.05, 3.63) is 12.4 Å². The molecule has 0 spiro atoms. The Balaban J connectivity index is 1.78. The molecular formula is C12H20N4O. The van der Waals surface area contributed by atoms with Gasteiger partial charge in [-0.1, -0.05) is 19.8 Å². The molecule has 1 atom stereocenters. The van der Waals surface area contributed by atoms with Crippen LogP contribution in [0.3, 0.4) is 0 Å². The van der Waals surface area contributed by atoms with Gasteiger partial charge in [-0.3, -0.25) is 9.48 Å². The maximum absolute atomic E-state index is 11.8. The molecule has 94 valence electrons. The average Bonchev–Trinajstić information content (AvgIpc) is 3.01. The highest BCUT2D eigenvalue weighted by atomic mass is 16.2. The van der Waals surface area contributed by atoms with Crippen molar-refractivity contribution >= 4 is 11.6 Å². The van der Waals surface area contributed by atoms with Crippen LogP contribution in [0.25, 0.3) is 0 Å². The highest BCUT2D eigenvalue weighted by Crippen LogP contribution is 2.33. The summed E-state index contributed by atoms with van der Waals surface area (Å²) in [5.41, 5.74) is 6.13. The maximum atomic E-state index is 11.8. The van der Waals surface area contributed by atoms with E-state index in [1.807, 2.05) is 0 Å². The lowest BCUT2D eigenvalue weighted by Crippen LogP contribution is -2.37. The predicted molar refractivity (Wildman–Crippen MR) is 66.2 cm³/mol. The molecule has 1 aliphatic rings. The summed E-state index contributed by atoms with van der Waals surface area (Å²) in [6.45, 7) is 2.36. The number of nitrogen functional groups attached to an aromatic ring is 1. The lowest BCUT2D eigenvalue weighted by molar-refractivity contribution is -0.122. The summed E-state index contributed by atoms with van der Waals surface area (Å²) in [6, 6.07) is 0.308. The Morgan fingerprint density at radius 2 is 2.47 bits per heavy atom. The van der Waals surface area contributed by atoms with Crippen molar-refractivity contribution in [2.45, 2.75) is 45.2 Å². The third kappa shape index (κ3) is 3.76. The van der Waals surface area contributed by atoms with E-state index in [2.05, 4.69) is 17.3 Å². The van der Waals surface area contributed by atoms with Gasteiger partial charge in [-0.05, 0) is 18.8 Å². The van der Waals surface area contributed by atoms with Gasteiger partial charge in [0.25, 0.3) is 0 Å². The number of hydrogen-bond acceptors (Lipinski definition) is 3. The number of carbonyl (C=O) groups excluding carboxylic acids is 1. The molecule has 0 bridgehead atoms. The van der Waals surface area contributed by atoms with Crippen LogP contribution in [0.4, 0.5) is 5.69 Å². The molecule has 17 heavy (non-hydrogen) atoms. The number of aromatic nitrogens is 2. The number of anilines is 1. The minimum absolute atomic E-state index is 0.0144. The van der Waals surface area contributed by atoms with Gasteiger partial charge >= 0.3 is 0 Å². The first-order valence-corrected chi connectivity index (χ1v) is 6.24. The van der Waals surface area contributed by atoms with E-state index in [1.165, 1.54) is 12.8 Å². The van der Waals surface area contributed by atoms with Gasteiger partial charge in [-0.15, -0.1) is 0 Å². The third-order valence-corrected chi connectivity index (χ3v) is 3.13. The predicted octanol–water partition coefficient (Wildman–Crippen LogP) is 1.16. The molecule has 5 heteroatoms. The molecular weight excluding hydrogens is 216 g/mol. The molecule has 2 rings (SSSR count). The van der Waals surface area contributed by atoms with E-state index in [-0.39, 0.29) is 12.5 Å². The number of nitrogens with zero attached hydrogens (tertiary/aromatic N) is 2. The average molecular weight is 236 g/mol. The Labute approximate surface area is 101 Å². The summed E-state index contributed by atoms with van der Waals surface area (Å²) >= 11 is 0. The molecule has 0 saturated heterocycles. The Morgan fingerprint density at radius 3 is 3.00 bits per heavy atom. The van der Waals surface area contributed by atoms with Crippen LogP contribution in [0, 0.1) is 5.92 Å². The fraction of sp³-hybridized carbons (Fsp3) is 0.667. The van der Waals surface area contributed by atoms with Gasteiger partial charge in [0, 0.05) is 12.2 Å². The van der Waals surface area contributed by atoms with E-state index < -0.39 is 0 Å². The second kappa shape index (κ2) is 5.21. The van der Waals surface area contributed by atoms with Gasteiger partial charge in [0.2, 0.25) is 5.91 Å². The molecule has 1 unspecified atom stereocenters. The van der Waals surface area contributed by atoms with Crippen LogP contribution in [-0.2, 0) is 11.3 Å². The zero-order valence-electron chi connectivity index (χ0n) is 10.2. The van der Waals surface area contributed by atoms with Crippen LogP contribution in [0.15, 0.2) is 12.4 Å². The number of nitrogens with one attached hydrogen (secondary N) is 1. The quantitative estimate of drug-likeness (QED) is 0.778. The zero-order chi connectivity index (χ0) is 12.3. The summed E-state index contributed by atoms with van der Waals surface area (Å²) in [7, 11) is 0. The summed E-state index contributed by atoms with van der Waals surface area (Å²) in [5, 5.41) is 7.05. The molecule has 0 radical (unpaired) electrons. The molecule has 1 aliphatic carbocycles. The van der Waals surface area contributed by atoms with Crippen LogP contribution in [0.1, 0.15) is 32.6 Å². The van der Waals surface area contributed by atoms with E-state index in [1.54, 1.807) is 17.1 Å². The Morgan fingerprint density at radius 1 is 1.71 bits per heavy atom. The highest BCUT2D eigenvalue weighted by Gasteiger charge is 2.25. The van der Waals surface area contributed by atoms with Crippen LogP contribution >= 0.6 is 0 Å². The van der Waals surface area contributed by atoms with E-state index in [0.29, 0.717) is 11.7 Å². The summed E-state index contributed by atoms with van der Waals surface area (Å²) < 4.78 is 1.56. The molecule has 0 aliphatic heterocycles. The normalized spacial score (nSPS) is 16.8. The SMILES string of the molecule is CCC(CC1CC1)NC(=O)Cn1cc(N)cn1. The van der Waals surface area contributed by atoms with Gasteiger partial charge in [0.1, 0.15) is 6.54 Å². The molecule has 1 fully saturated rings. The summed E-state index contributed by atoms with van der Waals surface area (Å²) in [6.07, 6.45) is 7.97. The first-order chi connectivity index (χ1) is 8.17. The van der Waals surface area contributed by atoms with Crippen molar-refractivity contribution in [3.8, 4) is 0 Å². The molecule has 1 aromatic heterocycles. The number of rotatable bonds is 6. The fourth-order valence-corrected chi connectivity index (χ4v) is 1.97. The molecule has 1 amide bonds. The van der Waals surface area contributed by atoms with Crippen molar-refractivity contribution in [1.29, 1.82) is 0 Å². The minimum atomic E-state index is 0.0144.